The molecule has 0 atom stereocenters. The highest BCUT2D eigenvalue weighted by Gasteiger charge is 2.28. The minimum Gasteiger partial charge on any atom is -0.0840 e. The fraction of sp³-hybridized carbons (Fsp3) is 0.222. The van der Waals surface area contributed by atoms with Crippen LogP contribution in [0.3, 0.4) is 0 Å². The first-order chi connectivity index (χ1) is 5.29. The van der Waals surface area contributed by atoms with Crippen LogP contribution in [-0.2, 0) is 0 Å². The van der Waals surface area contributed by atoms with Crippen molar-refractivity contribution in [3.05, 3.63) is 39.7 Å². The van der Waals surface area contributed by atoms with E-state index < -0.39 is 0 Å². The first-order valence-corrected chi connectivity index (χ1v) is 4.34. The Kier molecular flexibility index (Phi) is 1.82. The Morgan fingerprint density at radius 2 is 1.55 bits per heavy atom. The summed E-state index contributed by atoms with van der Waals surface area (Å²) in [7, 11) is 0. The molecular weight excluding hydrogens is 179 g/mol. The van der Waals surface area contributed by atoms with Crippen LogP contribution in [0.25, 0.3) is 0 Å². The normalized spacial score (nSPS) is 16.9. The lowest BCUT2D eigenvalue weighted by atomic mass is 10.1. The van der Waals surface area contributed by atoms with Gasteiger partial charge in [0.15, 0.2) is 0 Å². The van der Waals surface area contributed by atoms with Gasteiger partial charge in [0.1, 0.15) is 0 Å². The van der Waals surface area contributed by atoms with Crippen LogP contribution in [0.4, 0.5) is 0 Å². The van der Waals surface area contributed by atoms with Gasteiger partial charge in [-0.15, -0.1) is 0 Å². The maximum absolute atomic E-state index is 5.96. The molecule has 2 rings (SSSR count). The molecule has 0 amide bonds. The van der Waals surface area contributed by atoms with Gasteiger partial charge in [-0.2, -0.15) is 0 Å². The van der Waals surface area contributed by atoms with Crippen molar-refractivity contribution in [2.45, 2.75) is 12.8 Å². The van der Waals surface area contributed by atoms with E-state index in [0.717, 1.165) is 28.5 Å². The lowest BCUT2D eigenvalue weighted by Crippen LogP contribution is -1.82. The second kappa shape index (κ2) is 2.69. The van der Waals surface area contributed by atoms with Crippen LogP contribution >= 0.6 is 23.2 Å². The molecular formula is C9H7Cl2. The SMILES string of the molecule is Clc1cccc(Cl)c1[C]1CC1. The molecule has 0 N–H and O–H groups in total. The third-order valence-corrected chi connectivity index (χ3v) is 2.45. The van der Waals surface area contributed by atoms with Crippen LogP contribution in [0.5, 0.6) is 0 Å². The molecule has 1 aromatic carbocycles. The molecule has 1 fully saturated rings. The summed E-state index contributed by atoms with van der Waals surface area (Å²) in [6.07, 6.45) is 2.31. The maximum atomic E-state index is 5.96. The predicted molar refractivity (Wildman–Crippen MR) is 48.0 cm³/mol. The molecule has 0 spiro atoms. The second-order valence-corrected chi connectivity index (χ2v) is 3.51. The highest BCUT2D eigenvalue weighted by Crippen LogP contribution is 2.45. The molecule has 0 saturated heterocycles. The van der Waals surface area contributed by atoms with Gasteiger partial charge < -0.3 is 0 Å². The van der Waals surface area contributed by atoms with Crippen molar-refractivity contribution in [2.24, 2.45) is 0 Å². The minimum absolute atomic E-state index is 0.782. The van der Waals surface area contributed by atoms with Gasteiger partial charge in [-0.3, -0.25) is 0 Å². The van der Waals surface area contributed by atoms with E-state index in [1.165, 1.54) is 5.92 Å². The lowest BCUT2D eigenvalue weighted by molar-refractivity contribution is 1.41. The molecule has 0 aromatic heterocycles. The summed E-state index contributed by atoms with van der Waals surface area (Å²) in [6, 6.07) is 5.64. The lowest BCUT2D eigenvalue weighted by Gasteiger charge is -2.02. The molecule has 0 heterocycles. The highest BCUT2D eigenvalue weighted by molar-refractivity contribution is 6.36. The molecule has 57 valence electrons. The summed E-state index contributed by atoms with van der Waals surface area (Å²) in [5.41, 5.74) is 1.07. The summed E-state index contributed by atoms with van der Waals surface area (Å²) in [4.78, 5) is 0. The topological polar surface area (TPSA) is 0 Å². The van der Waals surface area contributed by atoms with Gasteiger partial charge in [0.05, 0.1) is 0 Å². The molecule has 0 nitrogen and oxygen atoms in total. The zero-order valence-electron chi connectivity index (χ0n) is 5.90. The number of halogens is 2. The third kappa shape index (κ3) is 1.38. The second-order valence-electron chi connectivity index (χ2n) is 2.70. The largest absolute Gasteiger partial charge is 0.0840 e. The van der Waals surface area contributed by atoms with E-state index >= 15 is 0 Å². The summed E-state index contributed by atoms with van der Waals surface area (Å²) < 4.78 is 0. The van der Waals surface area contributed by atoms with E-state index in [1.54, 1.807) is 0 Å². The van der Waals surface area contributed by atoms with Crippen molar-refractivity contribution in [3.63, 3.8) is 0 Å². The third-order valence-electron chi connectivity index (χ3n) is 1.82. The molecule has 1 aromatic rings. The van der Waals surface area contributed by atoms with E-state index in [1.807, 2.05) is 18.2 Å². The van der Waals surface area contributed by atoms with Gasteiger partial charge in [-0.25, -0.2) is 0 Å². The Hall–Kier alpha value is -0.200. The van der Waals surface area contributed by atoms with Crippen LogP contribution in [0.15, 0.2) is 18.2 Å². The molecule has 2 heteroatoms. The van der Waals surface area contributed by atoms with Crippen molar-refractivity contribution in [3.8, 4) is 0 Å². The number of hydrogen-bond acceptors (Lipinski definition) is 0. The van der Waals surface area contributed by atoms with E-state index in [2.05, 4.69) is 0 Å². The van der Waals surface area contributed by atoms with Gasteiger partial charge in [0, 0.05) is 16.0 Å². The van der Waals surface area contributed by atoms with Crippen molar-refractivity contribution in [1.29, 1.82) is 0 Å². The number of benzene rings is 1. The summed E-state index contributed by atoms with van der Waals surface area (Å²) in [5.74, 6) is 1.39. The molecule has 0 bridgehead atoms. The summed E-state index contributed by atoms with van der Waals surface area (Å²) in [5, 5.41) is 1.56. The van der Waals surface area contributed by atoms with Crippen molar-refractivity contribution >= 4 is 23.2 Å². The van der Waals surface area contributed by atoms with Gasteiger partial charge in [0.25, 0.3) is 0 Å². The van der Waals surface area contributed by atoms with Crippen LogP contribution < -0.4 is 0 Å². The first kappa shape index (κ1) is 7.45. The molecule has 11 heavy (non-hydrogen) atoms. The van der Waals surface area contributed by atoms with Gasteiger partial charge in [-0.1, -0.05) is 29.3 Å². The van der Waals surface area contributed by atoms with Crippen LogP contribution in [-0.4, -0.2) is 0 Å². The van der Waals surface area contributed by atoms with Gasteiger partial charge >= 0.3 is 0 Å². The molecule has 0 unspecified atom stereocenters. The number of rotatable bonds is 1. The Balaban J connectivity index is 2.48. The molecule has 1 aliphatic carbocycles. The Labute approximate surface area is 76.1 Å². The zero-order valence-corrected chi connectivity index (χ0v) is 7.41. The van der Waals surface area contributed by atoms with Crippen molar-refractivity contribution in [1.82, 2.24) is 0 Å². The maximum Gasteiger partial charge on any atom is 0.0458 e. The molecule has 1 aliphatic rings. The fourth-order valence-corrected chi connectivity index (χ4v) is 1.81. The van der Waals surface area contributed by atoms with E-state index in [0.29, 0.717) is 0 Å². The first-order valence-electron chi connectivity index (χ1n) is 3.58. The van der Waals surface area contributed by atoms with Gasteiger partial charge in [0.2, 0.25) is 0 Å². The van der Waals surface area contributed by atoms with Crippen molar-refractivity contribution in [2.75, 3.05) is 0 Å². The minimum atomic E-state index is 0.782. The predicted octanol–water partition coefficient (Wildman–Crippen LogP) is 3.71. The molecule has 0 aliphatic heterocycles. The van der Waals surface area contributed by atoms with E-state index in [9.17, 15) is 0 Å². The van der Waals surface area contributed by atoms with Crippen LogP contribution in [0.1, 0.15) is 18.4 Å². The quantitative estimate of drug-likeness (QED) is 0.627. The Morgan fingerprint density at radius 3 is 2.00 bits per heavy atom. The van der Waals surface area contributed by atoms with Crippen LogP contribution in [0.2, 0.25) is 10.0 Å². The number of hydrogen-bond donors (Lipinski definition) is 0. The summed E-state index contributed by atoms with van der Waals surface area (Å²) >= 11 is 11.9. The van der Waals surface area contributed by atoms with Crippen molar-refractivity contribution < 1.29 is 0 Å². The highest BCUT2D eigenvalue weighted by atomic mass is 35.5. The monoisotopic (exact) mass is 185 g/mol. The molecule has 1 saturated carbocycles. The zero-order chi connectivity index (χ0) is 7.84. The average molecular weight is 186 g/mol. The van der Waals surface area contributed by atoms with Crippen LogP contribution in [0, 0.1) is 5.92 Å². The Bertz CT molecular complexity index is 257. The van der Waals surface area contributed by atoms with E-state index in [4.69, 9.17) is 23.2 Å². The molecule has 1 radical (unpaired) electrons. The van der Waals surface area contributed by atoms with Gasteiger partial charge in [-0.05, 0) is 30.5 Å². The standard InChI is InChI=1S/C9H7Cl2/c10-7-2-1-3-8(11)9(7)6-4-5-6/h1-3H,4-5H2. The Morgan fingerprint density at radius 1 is 1.00 bits per heavy atom. The summed E-state index contributed by atoms with van der Waals surface area (Å²) in [6.45, 7) is 0. The smallest absolute Gasteiger partial charge is 0.0458 e. The average Bonchev–Trinajstić information content (AvgIpc) is 2.70. The fourth-order valence-electron chi connectivity index (χ4n) is 1.15. The van der Waals surface area contributed by atoms with E-state index in [-0.39, 0.29) is 0 Å².